The van der Waals surface area contributed by atoms with Crippen molar-refractivity contribution >= 4 is 39.1 Å². The molecule has 2 aromatic carbocycles. The molecule has 4 nitrogen and oxygen atoms in total. The Labute approximate surface area is 160 Å². The summed E-state index contributed by atoms with van der Waals surface area (Å²) < 4.78 is 41.4. The van der Waals surface area contributed by atoms with Crippen LogP contribution in [-0.4, -0.2) is 33.6 Å². The highest BCUT2D eigenvalue weighted by atomic mass is 79.9. The molecule has 9 heteroatoms. The van der Waals surface area contributed by atoms with Crippen LogP contribution in [0, 0.1) is 0 Å². The van der Waals surface area contributed by atoms with E-state index >= 15 is 0 Å². The number of hydrogen-bond donors (Lipinski definition) is 1. The van der Waals surface area contributed by atoms with E-state index < -0.39 is 24.2 Å². The highest BCUT2D eigenvalue weighted by Gasteiger charge is 2.63. The molecular formula is C17H11BrClF3N2O2. The molecule has 26 heavy (non-hydrogen) atoms. The first-order chi connectivity index (χ1) is 12.1. The maximum absolute atomic E-state index is 13.6. The Hall–Kier alpha value is -1.90. The third-order valence-corrected chi connectivity index (χ3v) is 4.77. The third-order valence-electron chi connectivity index (χ3n) is 3.91. The van der Waals surface area contributed by atoms with E-state index in [-0.39, 0.29) is 21.3 Å². The number of aliphatic hydroxyl groups is 1. The van der Waals surface area contributed by atoms with Gasteiger partial charge in [-0.25, -0.2) is 0 Å². The van der Waals surface area contributed by atoms with Gasteiger partial charge in [-0.1, -0.05) is 51.8 Å². The lowest BCUT2D eigenvalue weighted by atomic mass is 10.0. The smallest absolute Gasteiger partial charge is 0.362 e. The molecule has 3 rings (SSSR count). The Morgan fingerprint density at radius 1 is 1.19 bits per heavy atom. The number of halogens is 5. The van der Waals surface area contributed by atoms with Crippen LogP contribution in [0.1, 0.15) is 22.3 Å². The summed E-state index contributed by atoms with van der Waals surface area (Å²) in [7, 11) is 0. The van der Waals surface area contributed by atoms with Crippen LogP contribution in [0.4, 0.5) is 13.2 Å². The van der Waals surface area contributed by atoms with E-state index in [1.54, 1.807) is 24.3 Å². The van der Waals surface area contributed by atoms with Crippen LogP contribution in [0.25, 0.3) is 0 Å². The molecule has 0 saturated heterocycles. The van der Waals surface area contributed by atoms with Gasteiger partial charge in [-0.15, -0.1) is 0 Å². The van der Waals surface area contributed by atoms with Gasteiger partial charge in [-0.3, -0.25) is 4.79 Å². The van der Waals surface area contributed by atoms with Gasteiger partial charge < -0.3 is 5.11 Å². The fourth-order valence-electron chi connectivity index (χ4n) is 2.53. The highest BCUT2D eigenvalue weighted by Crippen LogP contribution is 2.42. The largest absolute Gasteiger partial charge is 0.438 e. The molecule has 0 radical (unpaired) electrons. The molecule has 1 atom stereocenters. The maximum atomic E-state index is 13.6. The van der Waals surface area contributed by atoms with Crippen LogP contribution in [0.5, 0.6) is 0 Å². The fraction of sp³-hybridized carbons (Fsp3) is 0.176. The molecule has 1 heterocycles. The number of hydrogen-bond acceptors (Lipinski definition) is 3. The molecule has 0 fully saturated rings. The summed E-state index contributed by atoms with van der Waals surface area (Å²) >= 11 is 9.15. The predicted molar refractivity (Wildman–Crippen MR) is 93.9 cm³/mol. The average Bonchev–Trinajstić information content (AvgIpc) is 2.94. The second-order valence-corrected chi connectivity index (χ2v) is 6.96. The molecule has 0 aromatic heterocycles. The summed E-state index contributed by atoms with van der Waals surface area (Å²) in [6.45, 7) is 0. The van der Waals surface area contributed by atoms with Crippen LogP contribution in [0.2, 0.25) is 5.02 Å². The van der Waals surface area contributed by atoms with E-state index in [1.807, 2.05) is 0 Å². The van der Waals surface area contributed by atoms with Crippen LogP contribution in [-0.2, 0) is 0 Å². The first-order valence-electron chi connectivity index (χ1n) is 7.35. The molecule has 1 aliphatic heterocycles. The molecule has 1 N–H and O–H groups in total. The second kappa shape index (κ2) is 6.68. The molecule has 1 unspecified atom stereocenters. The van der Waals surface area contributed by atoms with Crippen molar-refractivity contribution in [2.75, 3.05) is 0 Å². The van der Waals surface area contributed by atoms with Gasteiger partial charge in [0.15, 0.2) is 0 Å². The second-order valence-electron chi connectivity index (χ2n) is 5.64. The number of carbonyl (C=O) groups excluding carboxylic acids is 1. The maximum Gasteiger partial charge on any atom is 0.438 e. The van der Waals surface area contributed by atoms with Gasteiger partial charge >= 0.3 is 6.18 Å². The van der Waals surface area contributed by atoms with Crippen molar-refractivity contribution in [2.24, 2.45) is 5.10 Å². The standard InChI is InChI=1S/C17H11BrClF3N2O2/c18-11-7-5-10(6-8-11)14-9-16(26,17(20,21)22)24(23-14)15(25)12-3-1-2-4-13(12)19/h1-8,26H,9H2. The minimum absolute atomic E-state index is 0.0330. The van der Waals surface area contributed by atoms with Crippen molar-refractivity contribution in [3.63, 3.8) is 0 Å². The summed E-state index contributed by atoms with van der Waals surface area (Å²) in [5, 5.41) is 14.1. The van der Waals surface area contributed by atoms with Crippen molar-refractivity contribution in [3.8, 4) is 0 Å². The van der Waals surface area contributed by atoms with Crippen LogP contribution in [0.15, 0.2) is 58.1 Å². The number of rotatable bonds is 2. The Morgan fingerprint density at radius 3 is 2.38 bits per heavy atom. The predicted octanol–water partition coefficient (Wildman–Crippen LogP) is 4.60. The van der Waals surface area contributed by atoms with E-state index in [0.717, 1.165) is 4.47 Å². The Balaban J connectivity index is 2.07. The Bertz CT molecular complexity index is 886. The van der Waals surface area contributed by atoms with Crippen molar-refractivity contribution < 1.29 is 23.1 Å². The van der Waals surface area contributed by atoms with E-state index in [2.05, 4.69) is 21.0 Å². The number of benzene rings is 2. The SMILES string of the molecule is O=C(c1ccccc1Cl)N1N=C(c2ccc(Br)cc2)CC1(O)C(F)(F)F. The summed E-state index contributed by atoms with van der Waals surface area (Å²) in [4.78, 5) is 12.6. The van der Waals surface area contributed by atoms with Gasteiger partial charge in [0.25, 0.3) is 11.6 Å². The van der Waals surface area contributed by atoms with Gasteiger partial charge in [0.05, 0.1) is 22.7 Å². The van der Waals surface area contributed by atoms with Crippen molar-refractivity contribution in [3.05, 3.63) is 69.2 Å². The zero-order valence-electron chi connectivity index (χ0n) is 13.0. The van der Waals surface area contributed by atoms with Crippen LogP contribution >= 0.6 is 27.5 Å². The first kappa shape index (κ1) is 18.9. The lowest BCUT2D eigenvalue weighted by molar-refractivity contribution is -0.297. The van der Waals surface area contributed by atoms with Gasteiger partial charge in [-0.2, -0.15) is 23.3 Å². The van der Waals surface area contributed by atoms with E-state index in [4.69, 9.17) is 11.6 Å². The summed E-state index contributed by atoms with van der Waals surface area (Å²) in [5.41, 5.74) is -3.33. The molecule has 0 aliphatic carbocycles. The van der Waals surface area contributed by atoms with E-state index in [1.165, 1.54) is 24.3 Å². The molecule has 2 aromatic rings. The van der Waals surface area contributed by atoms with Gasteiger partial charge in [0.2, 0.25) is 0 Å². The first-order valence-corrected chi connectivity index (χ1v) is 8.52. The molecular weight excluding hydrogens is 437 g/mol. The Kier molecular flexibility index (Phi) is 4.85. The third kappa shape index (κ3) is 3.24. The Morgan fingerprint density at radius 2 is 1.81 bits per heavy atom. The summed E-state index contributed by atoms with van der Waals surface area (Å²) in [6.07, 6.45) is -5.99. The fourth-order valence-corrected chi connectivity index (χ4v) is 3.01. The summed E-state index contributed by atoms with van der Waals surface area (Å²) in [5.74, 6) is -1.14. The molecule has 0 saturated carbocycles. The van der Waals surface area contributed by atoms with Gasteiger partial charge in [0, 0.05) is 4.47 Å². The normalized spacial score (nSPS) is 20.2. The number of alkyl halides is 3. The average molecular weight is 448 g/mol. The molecule has 136 valence electrons. The zero-order chi connectivity index (χ0) is 19.1. The highest BCUT2D eigenvalue weighted by molar-refractivity contribution is 9.10. The van der Waals surface area contributed by atoms with Crippen molar-refractivity contribution in [1.29, 1.82) is 0 Å². The lowest BCUT2D eigenvalue weighted by Crippen LogP contribution is -2.56. The van der Waals surface area contributed by atoms with Gasteiger partial charge in [-0.05, 0) is 29.8 Å². The topological polar surface area (TPSA) is 52.9 Å². The number of amides is 1. The minimum Gasteiger partial charge on any atom is -0.362 e. The molecule has 1 amide bonds. The van der Waals surface area contributed by atoms with E-state index in [9.17, 15) is 23.1 Å². The van der Waals surface area contributed by atoms with Gasteiger partial charge in [0.1, 0.15) is 0 Å². The van der Waals surface area contributed by atoms with Crippen LogP contribution < -0.4 is 0 Å². The monoisotopic (exact) mass is 446 g/mol. The molecule has 0 spiro atoms. The zero-order valence-corrected chi connectivity index (χ0v) is 15.3. The quantitative estimate of drug-likeness (QED) is 0.731. The number of hydrazone groups is 1. The van der Waals surface area contributed by atoms with E-state index in [0.29, 0.717) is 5.56 Å². The molecule has 0 bridgehead atoms. The number of nitrogens with zero attached hydrogens (tertiary/aromatic N) is 2. The van der Waals surface area contributed by atoms with Crippen LogP contribution in [0.3, 0.4) is 0 Å². The van der Waals surface area contributed by atoms with Crippen molar-refractivity contribution in [2.45, 2.75) is 18.3 Å². The summed E-state index contributed by atoms with van der Waals surface area (Å²) in [6, 6.07) is 12.0. The minimum atomic E-state index is -5.11. The number of carbonyl (C=O) groups is 1. The molecule has 1 aliphatic rings. The van der Waals surface area contributed by atoms with Crippen molar-refractivity contribution in [1.82, 2.24) is 5.01 Å². The lowest BCUT2D eigenvalue weighted by Gasteiger charge is -2.32.